The van der Waals surface area contributed by atoms with Crippen molar-refractivity contribution in [2.45, 2.75) is 5.03 Å². The van der Waals surface area contributed by atoms with Gasteiger partial charge in [-0.25, -0.2) is 4.98 Å². The second-order valence-corrected chi connectivity index (χ2v) is 2.40. The molecule has 0 fully saturated rings. The molecule has 4 heteroatoms. The van der Waals surface area contributed by atoms with Crippen molar-refractivity contribution in [2.24, 2.45) is 0 Å². The maximum absolute atomic E-state index is 8.28. The highest BCUT2D eigenvalue weighted by atomic mass is 32.1. The van der Waals surface area contributed by atoms with Crippen LogP contribution in [0.1, 0.15) is 4.88 Å². The smallest absolute Gasteiger partial charge is 0.138 e. The zero-order chi connectivity index (χ0) is 5.98. The average Bonchev–Trinajstić information content (AvgIpc) is 2.14. The van der Waals surface area contributed by atoms with Gasteiger partial charge in [-0.1, -0.05) is 0 Å². The van der Waals surface area contributed by atoms with Crippen molar-refractivity contribution in [3.05, 3.63) is 10.4 Å². The van der Waals surface area contributed by atoms with Crippen molar-refractivity contribution in [2.75, 3.05) is 0 Å². The Balaban J connectivity index is 3.15. The minimum atomic E-state index is 0.525. The number of thiazole rings is 1. The molecule has 0 aromatic carbocycles. The molecule has 40 valence electrons. The highest BCUT2D eigenvalue weighted by molar-refractivity contribution is 7.80. The van der Waals surface area contributed by atoms with E-state index in [2.05, 4.69) is 17.6 Å². The van der Waals surface area contributed by atoms with Crippen molar-refractivity contribution in [3.8, 4) is 6.07 Å². The maximum atomic E-state index is 8.28. The molecule has 8 heavy (non-hydrogen) atoms. The second kappa shape index (κ2) is 2.16. The molecule has 0 aliphatic heterocycles. The van der Waals surface area contributed by atoms with Gasteiger partial charge in [-0.05, 0) is 0 Å². The number of nitriles is 1. The SMILES string of the molecule is N#Cc1scnc1S. The Labute approximate surface area is 56.2 Å². The molecule has 0 radical (unpaired) electrons. The molecular weight excluding hydrogens is 140 g/mol. The fraction of sp³-hybridized carbons (Fsp3) is 0. The molecule has 1 aromatic heterocycles. The molecule has 0 atom stereocenters. The van der Waals surface area contributed by atoms with Gasteiger partial charge in [0.25, 0.3) is 0 Å². The lowest BCUT2D eigenvalue weighted by Crippen LogP contribution is -1.64. The summed E-state index contributed by atoms with van der Waals surface area (Å²) < 4.78 is 0. The van der Waals surface area contributed by atoms with Crippen LogP contribution in [0.5, 0.6) is 0 Å². The van der Waals surface area contributed by atoms with E-state index in [0.29, 0.717) is 9.90 Å². The molecule has 0 amide bonds. The number of hydrogen-bond donors (Lipinski definition) is 1. The van der Waals surface area contributed by atoms with Crippen molar-refractivity contribution < 1.29 is 0 Å². The van der Waals surface area contributed by atoms with Crippen molar-refractivity contribution in [1.29, 1.82) is 5.26 Å². The van der Waals surface area contributed by atoms with E-state index in [4.69, 9.17) is 5.26 Å². The Morgan fingerprint density at radius 2 is 2.62 bits per heavy atom. The molecule has 0 unspecified atom stereocenters. The van der Waals surface area contributed by atoms with Gasteiger partial charge in [-0.2, -0.15) is 5.26 Å². The molecule has 1 heterocycles. The quantitative estimate of drug-likeness (QED) is 0.554. The van der Waals surface area contributed by atoms with Crippen LogP contribution >= 0.6 is 24.0 Å². The third kappa shape index (κ3) is 0.831. The Morgan fingerprint density at radius 1 is 1.88 bits per heavy atom. The topological polar surface area (TPSA) is 36.7 Å². The van der Waals surface area contributed by atoms with Crippen molar-refractivity contribution in [3.63, 3.8) is 0 Å². The number of rotatable bonds is 0. The Kier molecular flexibility index (Phi) is 1.51. The van der Waals surface area contributed by atoms with Gasteiger partial charge in [0.1, 0.15) is 16.0 Å². The summed E-state index contributed by atoms with van der Waals surface area (Å²) in [5.41, 5.74) is 1.60. The van der Waals surface area contributed by atoms with E-state index in [0.717, 1.165) is 0 Å². The van der Waals surface area contributed by atoms with E-state index >= 15 is 0 Å². The normalized spacial score (nSPS) is 8.50. The number of aromatic nitrogens is 1. The highest BCUT2D eigenvalue weighted by Crippen LogP contribution is 2.13. The van der Waals surface area contributed by atoms with Gasteiger partial charge in [0, 0.05) is 0 Å². The van der Waals surface area contributed by atoms with E-state index in [1.165, 1.54) is 11.3 Å². The molecule has 0 saturated carbocycles. The molecule has 0 aliphatic carbocycles. The van der Waals surface area contributed by atoms with Crippen LogP contribution in [-0.4, -0.2) is 4.98 Å². The predicted octanol–water partition coefficient (Wildman–Crippen LogP) is 1.30. The summed E-state index contributed by atoms with van der Waals surface area (Å²) in [6, 6.07) is 1.95. The molecular formula is C4H2N2S2. The molecule has 0 saturated heterocycles. The van der Waals surface area contributed by atoms with Gasteiger partial charge in [0.05, 0.1) is 5.51 Å². The molecule has 1 aromatic rings. The van der Waals surface area contributed by atoms with E-state index in [1.54, 1.807) is 5.51 Å². The number of thiol groups is 1. The van der Waals surface area contributed by atoms with E-state index in [1.807, 2.05) is 6.07 Å². The zero-order valence-corrected chi connectivity index (χ0v) is 5.54. The molecule has 0 N–H and O–H groups in total. The summed E-state index contributed by atoms with van der Waals surface area (Å²) in [7, 11) is 0. The molecule has 0 aliphatic rings. The number of nitrogens with zero attached hydrogens (tertiary/aromatic N) is 2. The van der Waals surface area contributed by atoms with E-state index < -0.39 is 0 Å². The number of hydrogen-bond acceptors (Lipinski definition) is 4. The predicted molar refractivity (Wildman–Crippen MR) is 34.1 cm³/mol. The summed E-state index contributed by atoms with van der Waals surface area (Å²) in [4.78, 5) is 4.32. The summed E-state index contributed by atoms with van der Waals surface area (Å²) in [5, 5.41) is 8.80. The first-order valence-electron chi connectivity index (χ1n) is 1.87. The monoisotopic (exact) mass is 142 g/mol. The van der Waals surface area contributed by atoms with E-state index in [9.17, 15) is 0 Å². The van der Waals surface area contributed by atoms with Crippen LogP contribution in [0.15, 0.2) is 10.5 Å². The zero-order valence-electron chi connectivity index (χ0n) is 3.83. The Morgan fingerprint density at radius 3 is 2.88 bits per heavy atom. The van der Waals surface area contributed by atoms with Crippen LogP contribution in [0, 0.1) is 11.3 Å². The standard InChI is InChI=1S/C4H2N2S2/c5-1-3-4(7)6-2-8-3/h2,7H. The minimum Gasteiger partial charge on any atom is -0.237 e. The third-order valence-corrected chi connectivity index (χ3v) is 1.87. The van der Waals surface area contributed by atoms with Crippen molar-refractivity contribution >= 4 is 24.0 Å². The molecule has 1 rings (SSSR count). The average molecular weight is 142 g/mol. The van der Waals surface area contributed by atoms with Gasteiger partial charge in [-0.15, -0.1) is 24.0 Å². The third-order valence-electron chi connectivity index (χ3n) is 0.650. The van der Waals surface area contributed by atoms with Gasteiger partial charge in [0.2, 0.25) is 0 Å². The van der Waals surface area contributed by atoms with Crippen LogP contribution in [0.2, 0.25) is 0 Å². The lowest BCUT2D eigenvalue weighted by molar-refractivity contribution is 1.20. The van der Waals surface area contributed by atoms with Gasteiger partial charge in [0.15, 0.2) is 0 Å². The van der Waals surface area contributed by atoms with Crippen LogP contribution in [0.4, 0.5) is 0 Å². The molecule has 0 bridgehead atoms. The lowest BCUT2D eigenvalue weighted by atomic mass is 10.6. The fourth-order valence-corrected chi connectivity index (χ4v) is 1.13. The maximum Gasteiger partial charge on any atom is 0.138 e. The lowest BCUT2D eigenvalue weighted by Gasteiger charge is -1.73. The summed E-state index contributed by atoms with van der Waals surface area (Å²) >= 11 is 5.21. The Bertz CT molecular complexity index is 222. The Hall–Kier alpha value is -0.530. The fourth-order valence-electron chi connectivity index (χ4n) is 0.317. The van der Waals surface area contributed by atoms with Crippen LogP contribution in [0.3, 0.4) is 0 Å². The summed E-state index contributed by atoms with van der Waals surface area (Å²) in [5.74, 6) is 0. The first-order valence-corrected chi connectivity index (χ1v) is 3.20. The van der Waals surface area contributed by atoms with Crippen LogP contribution in [-0.2, 0) is 0 Å². The van der Waals surface area contributed by atoms with Gasteiger partial charge >= 0.3 is 0 Å². The molecule has 2 nitrogen and oxygen atoms in total. The second-order valence-electron chi connectivity index (χ2n) is 1.12. The molecule has 0 spiro atoms. The van der Waals surface area contributed by atoms with Crippen LogP contribution in [0.25, 0.3) is 0 Å². The van der Waals surface area contributed by atoms with E-state index in [-0.39, 0.29) is 0 Å². The van der Waals surface area contributed by atoms with Gasteiger partial charge < -0.3 is 0 Å². The van der Waals surface area contributed by atoms with Crippen LogP contribution < -0.4 is 0 Å². The first kappa shape index (κ1) is 5.60. The largest absolute Gasteiger partial charge is 0.237 e. The van der Waals surface area contributed by atoms with Gasteiger partial charge in [-0.3, -0.25) is 0 Å². The highest BCUT2D eigenvalue weighted by Gasteiger charge is 1.96. The van der Waals surface area contributed by atoms with Crippen molar-refractivity contribution in [1.82, 2.24) is 4.98 Å². The minimum absolute atomic E-state index is 0.525. The first-order chi connectivity index (χ1) is 3.84. The summed E-state index contributed by atoms with van der Waals surface area (Å²) in [6.07, 6.45) is 0. The summed E-state index contributed by atoms with van der Waals surface area (Å²) in [6.45, 7) is 0.